The summed E-state index contributed by atoms with van der Waals surface area (Å²) in [5, 5.41) is 10.7. The molecule has 0 radical (unpaired) electrons. The van der Waals surface area contributed by atoms with Crippen LogP contribution in [-0.2, 0) is 6.42 Å². The Balaban J connectivity index is 1.85. The van der Waals surface area contributed by atoms with Crippen molar-refractivity contribution < 1.29 is 14.3 Å². The molecule has 118 valence electrons. The van der Waals surface area contributed by atoms with E-state index in [1.165, 1.54) is 0 Å². The molecule has 0 saturated heterocycles. The second kappa shape index (κ2) is 5.25. The first-order valence-corrected chi connectivity index (χ1v) is 8.59. The van der Waals surface area contributed by atoms with E-state index in [0.717, 1.165) is 44.9 Å². The average molecular weight is 302 g/mol. The summed E-state index contributed by atoms with van der Waals surface area (Å²) < 4.78 is 5.52. The molecule has 4 nitrogen and oxygen atoms in total. The highest BCUT2D eigenvalue weighted by Crippen LogP contribution is 2.55. The number of fused-ring (bicyclic) bond motifs is 1. The van der Waals surface area contributed by atoms with Gasteiger partial charge in [0.05, 0.1) is 11.1 Å². The molecule has 4 rings (SSSR count). The van der Waals surface area contributed by atoms with Gasteiger partial charge in [0.2, 0.25) is 0 Å². The Morgan fingerprint density at radius 2 is 1.59 bits per heavy atom. The van der Waals surface area contributed by atoms with Crippen LogP contribution in [0.25, 0.3) is 0 Å². The van der Waals surface area contributed by atoms with Crippen molar-refractivity contribution in [2.45, 2.75) is 63.7 Å². The Labute approximate surface area is 129 Å². The highest BCUT2D eigenvalue weighted by molar-refractivity contribution is 5.99. The molecule has 2 fully saturated rings. The summed E-state index contributed by atoms with van der Waals surface area (Å²) >= 11 is 0. The molecule has 0 aliphatic heterocycles. The average Bonchev–Trinajstić information content (AvgIpc) is 3.34. The highest BCUT2D eigenvalue weighted by atomic mass is 16.4. The third kappa shape index (κ3) is 2.38. The molecule has 0 amide bonds. The molecule has 0 spiro atoms. The van der Waals surface area contributed by atoms with Gasteiger partial charge in [-0.15, -0.1) is 0 Å². The molecule has 0 aromatic carbocycles. The second-order valence-electron chi connectivity index (χ2n) is 7.13. The van der Waals surface area contributed by atoms with E-state index >= 15 is 0 Å². The number of carbonyl (C=O) groups is 1. The van der Waals surface area contributed by atoms with Crippen LogP contribution >= 0.6 is 0 Å². The monoisotopic (exact) mass is 302 g/mol. The second-order valence-corrected chi connectivity index (χ2v) is 7.13. The maximum Gasteiger partial charge on any atom is 0.343 e. The van der Waals surface area contributed by atoms with Gasteiger partial charge in [0, 0.05) is 18.8 Å². The van der Waals surface area contributed by atoms with Crippen LogP contribution in [0.15, 0.2) is 9.21 Å². The molecule has 0 unspecified atom stereocenters. The minimum absolute atomic E-state index is 0.0537. The van der Waals surface area contributed by atoms with Gasteiger partial charge in [0.15, 0.2) is 5.78 Å². The van der Waals surface area contributed by atoms with Crippen LogP contribution in [0.5, 0.6) is 5.75 Å². The van der Waals surface area contributed by atoms with Crippen LogP contribution in [0.2, 0.25) is 0 Å². The molecule has 1 aromatic rings. The number of rotatable bonds is 3. The summed E-state index contributed by atoms with van der Waals surface area (Å²) in [7, 11) is 0. The summed E-state index contributed by atoms with van der Waals surface area (Å²) in [6, 6.07) is 0. The number of hydrogen-bond donors (Lipinski definition) is 1. The van der Waals surface area contributed by atoms with Gasteiger partial charge >= 0.3 is 5.63 Å². The van der Waals surface area contributed by atoms with Crippen LogP contribution in [0.3, 0.4) is 0 Å². The summed E-state index contributed by atoms with van der Waals surface area (Å²) in [6.45, 7) is 0. The van der Waals surface area contributed by atoms with Crippen molar-refractivity contribution in [1.29, 1.82) is 0 Å². The maximum atomic E-state index is 12.5. The Hall–Kier alpha value is -1.58. The van der Waals surface area contributed by atoms with Crippen molar-refractivity contribution in [1.82, 2.24) is 0 Å². The van der Waals surface area contributed by atoms with Gasteiger partial charge in [0.1, 0.15) is 11.5 Å². The highest BCUT2D eigenvalue weighted by Gasteiger charge is 2.46. The molecule has 1 aromatic heterocycles. The fraction of sp³-hybridized carbons (Fsp3) is 0.667. The Morgan fingerprint density at radius 3 is 2.23 bits per heavy atom. The first-order chi connectivity index (χ1) is 10.7. The first-order valence-electron chi connectivity index (χ1n) is 8.59. The van der Waals surface area contributed by atoms with Crippen LogP contribution in [0.4, 0.5) is 0 Å². The molecule has 1 heterocycles. The van der Waals surface area contributed by atoms with Crippen molar-refractivity contribution in [2.75, 3.05) is 0 Å². The third-order valence-corrected chi connectivity index (χ3v) is 5.39. The number of Topliss-reactive ketones (excluding diaryl/α,β-unsaturated/α-hetero) is 1. The van der Waals surface area contributed by atoms with Crippen molar-refractivity contribution >= 4 is 5.78 Å². The number of carbonyl (C=O) groups excluding carboxylic acids is 1. The fourth-order valence-electron chi connectivity index (χ4n) is 3.98. The van der Waals surface area contributed by atoms with E-state index in [-0.39, 0.29) is 17.5 Å². The number of aromatic hydroxyl groups is 1. The SMILES string of the molecule is O=C1CCCCCc2oc(=O)c(C(C3CC3)C3CC3)c(O)c21. The molecule has 3 aliphatic carbocycles. The van der Waals surface area contributed by atoms with Crippen molar-refractivity contribution in [3.8, 4) is 5.75 Å². The number of ketones is 1. The van der Waals surface area contributed by atoms with Crippen molar-refractivity contribution in [3.63, 3.8) is 0 Å². The molecule has 0 bridgehead atoms. The predicted octanol–water partition coefficient (Wildman–Crippen LogP) is 3.55. The summed E-state index contributed by atoms with van der Waals surface area (Å²) in [4.78, 5) is 24.9. The Kier molecular flexibility index (Phi) is 3.35. The molecular weight excluding hydrogens is 280 g/mol. The lowest BCUT2D eigenvalue weighted by molar-refractivity contribution is 0.0968. The molecule has 0 atom stereocenters. The summed E-state index contributed by atoms with van der Waals surface area (Å²) in [6.07, 6.45) is 8.18. The van der Waals surface area contributed by atoms with Gasteiger partial charge in [-0.25, -0.2) is 4.79 Å². The van der Waals surface area contributed by atoms with Gasteiger partial charge in [-0.3, -0.25) is 4.79 Å². The maximum absolute atomic E-state index is 12.5. The van der Waals surface area contributed by atoms with Crippen molar-refractivity contribution in [3.05, 3.63) is 27.3 Å². The summed E-state index contributed by atoms with van der Waals surface area (Å²) in [5.41, 5.74) is 0.298. The zero-order valence-corrected chi connectivity index (χ0v) is 12.8. The molecule has 3 aliphatic rings. The van der Waals surface area contributed by atoms with E-state index in [4.69, 9.17) is 4.42 Å². The first kappa shape index (κ1) is 14.0. The molecule has 1 N–H and O–H groups in total. The van der Waals surface area contributed by atoms with Crippen LogP contribution in [0.1, 0.15) is 79.0 Å². The third-order valence-electron chi connectivity index (χ3n) is 5.39. The predicted molar refractivity (Wildman–Crippen MR) is 81.3 cm³/mol. The molecule has 4 heteroatoms. The lowest BCUT2D eigenvalue weighted by Gasteiger charge is -2.20. The van der Waals surface area contributed by atoms with Gasteiger partial charge in [-0.1, -0.05) is 6.42 Å². The Bertz CT molecular complexity index is 652. The van der Waals surface area contributed by atoms with Gasteiger partial charge in [0.25, 0.3) is 0 Å². The quantitative estimate of drug-likeness (QED) is 0.927. The van der Waals surface area contributed by atoms with Crippen LogP contribution in [-0.4, -0.2) is 10.9 Å². The van der Waals surface area contributed by atoms with Gasteiger partial charge < -0.3 is 9.52 Å². The minimum Gasteiger partial charge on any atom is -0.506 e. The topological polar surface area (TPSA) is 67.5 Å². The smallest absolute Gasteiger partial charge is 0.343 e. The normalized spacial score (nSPS) is 22.3. The Morgan fingerprint density at radius 1 is 0.955 bits per heavy atom. The minimum atomic E-state index is -0.409. The van der Waals surface area contributed by atoms with E-state index in [9.17, 15) is 14.7 Å². The fourth-order valence-corrected chi connectivity index (χ4v) is 3.98. The molecular formula is C18H22O4. The van der Waals surface area contributed by atoms with E-state index < -0.39 is 5.63 Å². The van der Waals surface area contributed by atoms with E-state index in [1.54, 1.807) is 0 Å². The van der Waals surface area contributed by atoms with Crippen LogP contribution < -0.4 is 5.63 Å². The lowest BCUT2D eigenvalue weighted by Crippen LogP contribution is -2.21. The van der Waals surface area contributed by atoms with Crippen molar-refractivity contribution in [2.24, 2.45) is 11.8 Å². The van der Waals surface area contributed by atoms with E-state index in [1.807, 2.05) is 0 Å². The van der Waals surface area contributed by atoms with Crippen LogP contribution in [0, 0.1) is 11.8 Å². The molecule has 22 heavy (non-hydrogen) atoms. The number of hydrogen-bond acceptors (Lipinski definition) is 4. The van der Waals surface area contributed by atoms with E-state index in [2.05, 4.69) is 0 Å². The summed E-state index contributed by atoms with van der Waals surface area (Å²) in [5.74, 6) is 1.36. The largest absolute Gasteiger partial charge is 0.506 e. The zero-order chi connectivity index (χ0) is 15.3. The van der Waals surface area contributed by atoms with E-state index in [0.29, 0.717) is 41.6 Å². The lowest BCUT2D eigenvalue weighted by atomic mass is 9.87. The van der Waals surface area contributed by atoms with Gasteiger partial charge in [-0.2, -0.15) is 0 Å². The zero-order valence-electron chi connectivity index (χ0n) is 12.8. The standard InChI is InChI=1S/C18H22O4/c19-12-4-2-1-3-5-13-15(12)17(20)16(18(21)22-13)14(10-6-7-10)11-8-9-11/h10-11,14,20H,1-9H2. The van der Waals surface area contributed by atoms with Gasteiger partial charge in [-0.05, 0) is 50.4 Å². The molecule has 2 saturated carbocycles. The number of aryl methyl sites for hydroxylation is 1.